The van der Waals surface area contributed by atoms with Crippen molar-refractivity contribution in [1.29, 1.82) is 0 Å². The molecule has 0 spiro atoms. The number of carboxylic acids is 2. The van der Waals surface area contributed by atoms with Crippen molar-refractivity contribution in [2.45, 2.75) is 12.8 Å². The van der Waals surface area contributed by atoms with Crippen LogP contribution in [0.5, 0.6) is 0 Å². The molecule has 0 aliphatic carbocycles. The van der Waals surface area contributed by atoms with Crippen LogP contribution in [0.3, 0.4) is 0 Å². The maximum absolute atomic E-state index is 11.0. The Balaban J connectivity index is 3.15. The molecule has 0 aliphatic rings. The minimum atomic E-state index is -1.22. The van der Waals surface area contributed by atoms with Gasteiger partial charge in [0.25, 0.3) is 0 Å². The maximum atomic E-state index is 11.0. The van der Waals surface area contributed by atoms with Crippen molar-refractivity contribution in [2.75, 3.05) is 7.11 Å². The predicted molar refractivity (Wildman–Crippen MR) is 60.7 cm³/mol. The van der Waals surface area contributed by atoms with Gasteiger partial charge in [0.05, 0.1) is 18.2 Å². The second kappa shape index (κ2) is 5.81. The van der Waals surface area contributed by atoms with Crippen LogP contribution in [0.1, 0.15) is 32.7 Å². The zero-order valence-electron chi connectivity index (χ0n) is 9.67. The average molecular weight is 252 g/mol. The molecule has 0 saturated heterocycles. The van der Waals surface area contributed by atoms with Crippen molar-refractivity contribution in [3.8, 4) is 0 Å². The van der Waals surface area contributed by atoms with E-state index in [0.717, 1.165) is 0 Å². The van der Waals surface area contributed by atoms with Gasteiger partial charge in [0.15, 0.2) is 0 Å². The number of ether oxygens (including phenoxy) is 1. The molecule has 1 rings (SSSR count). The van der Waals surface area contributed by atoms with E-state index < -0.39 is 17.9 Å². The summed E-state index contributed by atoms with van der Waals surface area (Å²) in [7, 11) is 1.21. The SMILES string of the molecule is COC(=O)CCc1c(C(=O)O)cccc1C(=O)O. The van der Waals surface area contributed by atoms with Crippen LogP contribution >= 0.6 is 0 Å². The van der Waals surface area contributed by atoms with Crippen LogP contribution in [0.2, 0.25) is 0 Å². The lowest BCUT2D eigenvalue weighted by Gasteiger charge is -2.09. The van der Waals surface area contributed by atoms with Gasteiger partial charge in [0.2, 0.25) is 0 Å². The summed E-state index contributed by atoms with van der Waals surface area (Å²) >= 11 is 0. The average Bonchev–Trinajstić information content (AvgIpc) is 2.34. The van der Waals surface area contributed by atoms with Crippen LogP contribution in [-0.4, -0.2) is 35.2 Å². The van der Waals surface area contributed by atoms with Crippen molar-refractivity contribution < 1.29 is 29.3 Å². The smallest absolute Gasteiger partial charge is 0.335 e. The second-order valence-electron chi connectivity index (χ2n) is 3.52. The summed E-state index contributed by atoms with van der Waals surface area (Å²) in [4.78, 5) is 33.0. The Morgan fingerprint density at radius 3 is 2.00 bits per heavy atom. The Bertz CT molecular complexity index is 459. The number of aromatic carboxylic acids is 2. The Labute approximate surface area is 103 Å². The number of carbonyl (C=O) groups excluding carboxylic acids is 1. The molecule has 0 saturated carbocycles. The van der Waals surface area contributed by atoms with Crippen LogP contribution < -0.4 is 0 Å². The highest BCUT2D eigenvalue weighted by molar-refractivity contribution is 5.96. The Kier molecular flexibility index (Phi) is 4.42. The summed E-state index contributed by atoms with van der Waals surface area (Å²) in [6, 6.07) is 3.97. The van der Waals surface area contributed by atoms with E-state index in [-0.39, 0.29) is 29.5 Å². The van der Waals surface area contributed by atoms with Gasteiger partial charge in [0.1, 0.15) is 0 Å². The molecular weight excluding hydrogens is 240 g/mol. The molecule has 0 bridgehead atoms. The van der Waals surface area contributed by atoms with Crippen LogP contribution in [0.25, 0.3) is 0 Å². The van der Waals surface area contributed by atoms with E-state index in [1.165, 1.54) is 25.3 Å². The van der Waals surface area contributed by atoms with Crippen LogP contribution in [-0.2, 0) is 16.0 Å². The number of rotatable bonds is 5. The fourth-order valence-corrected chi connectivity index (χ4v) is 1.59. The van der Waals surface area contributed by atoms with Gasteiger partial charge < -0.3 is 14.9 Å². The van der Waals surface area contributed by atoms with Crippen LogP contribution in [0, 0.1) is 0 Å². The van der Waals surface area contributed by atoms with Crippen LogP contribution in [0.4, 0.5) is 0 Å². The highest BCUT2D eigenvalue weighted by atomic mass is 16.5. The molecule has 0 atom stereocenters. The first kappa shape index (κ1) is 13.7. The third kappa shape index (κ3) is 3.07. The number of carbonyl (C=O) groups is 3. The highest BCUT2D eigenvalue weighted by Gasteiger charge is 2.18. The van der Waals surface area contributed by atoms with Gasteiger partial charge in [-0.05, 0) is 24.1 Å². The summed E-state index contributed by atoms with van der Waals surface area (Å²) in [6.07, 6.45) is -0.0577. The second-order valence-corrected chi connectivity index (χ2v) is 3.52. The molecule has 6 heteroatoms. The predicted octanol–water partition coefficient (Wildman–Crippen LogP) is 1.19. The van der Waals surface area contributed by atoms with Crippen molar-refractivity contribution in [1.82, 2.24) is 0 Å². The number of hydrogen-bond acceptors (Lipinski definition) is 4. The molecule has 2 N–H and O–H groups in total. The zero-order valence-corrected chi connectivity index (χ0v) is 9.67. The quantitative estimate of drug-likeness (QED) is 0.763. The Morgan fingerprint density at radius 1 is 1.11 bits per heavy atom. The normalized spacial score (nSPS) is 9.83. The highest BCUT2D eigenvalue weighted by Crippen LogP contribution is 2.17. The zero-order chi connectivity index (χ0) is 13.7. The summed E-state index contributed by atoms with van der Waals surface area (Å²) < 4.78 is 4.44. The molecule has 0 aliphatic heterocycles. The van der Waals surface area contributed by atoms with Crippen molar-refractivity contribution in [3.05, 3.63) is 34.9 Å². The van der Waals surface area contributed by atoms with Gasteiger partial charge >= 0.3 is 17.9 Å². The fraction of sp³-hybridized carbons (Fsp3) is 0.250. The fourth-order valence-electron chi connectivity index (χ4n) is 1.59. The Morgan fingerprint density at radius 2 is 1.61 bits per heavy atom. The lowest BCUT2D eigenvalue weighted by Crippen LogP contribution is -2.12. The van der Waals surface area contributed by atoms with Gasteiger partial charge in [-0.1, -0.05) is 6.07 Å². The van der Waals surface area contributed by atoms with E-state index in [4.69, 9.17) is 10.2 Å². The monoisotopic (exact) mass is 252 g/mol. The first-order chi connectivity index (χ1) is 8.47. The maximum Gasteiger partial charge on any atom is 0.335 e. The third-order valence-corrected chi connectivity index (χ3v) is 2.44. The molecule has 96 valence electrons. The van der Waals surface area contributed by atoms with E-state index in [1.54, 1.807) is 0 Å². The van der Waals surface area contributed by atoms with E-state index in [0.29, 0.717) is 0 Å². The molecule has 6 nitrogen and oxygen atoms in total. The number of benzene rings is 1. The molecule has 1 aromatic carbocycles. The number of esters is 1. The van der Waals surface area contributed by atoms with Crippen molar-refractivity contribution >= 4 is 17.9 Å². The Hall–Kier alpha value is -2.37. The van der Waals surface area contributed by atoms with Crippen molar-refractivity contribution in [3.63, 3.8) is 0 Å². The molecule has 0 amide bonds. The minimum absolute atomic E-state index is 0.0107. The van der Waals surface area contributed by atoms with E-state index in [9.17, 15) is 14.4 Å². The number of carboxylic acid groups (broad SMARTS) is 2. The van der Waals surface area contributed by atoms with Gasteiger partial charge in [-0.3, -0.25) is 4.79 Å². The molecule has 1 aromatic rings. The number of hydrogen-bond donors (Lipinski definition) is 2. The van der Waals surface area contributed by atoms with Crippen LogP contribution in [0.15, 0.2) is 18.2 Å². The largest absolute Gasteiger partial charge is 0.478 e. The summed E-state index contributed by atoms with van der Waals surface area (Å²) in [5.74, 6) is -2.97. The van der Waals surface area contributed by atoms with Gasteiger partial charge in [-0.25, -0.2) is 9.59 Å². The molecule has 18 heavy (non-hydrogen) atoms. The summed E-state index contributed by atoms with van der Waals surface area (Å²) in [6.45, 7) is 0. The topological polar surface area (TPSA) is 101 Å². The number of methoxy groups -OCH3 is 1. The summed E-state index contributed by atoms with van der Waals surface area (Å²) in [5, 5.41) is 18.0. The van der Waals surface area contributed by atoms with Gasteiger partial charge in [-0.2, -0.15) is 0 Å². The third-order valence-electron chi connectivity index (χ3n) is 2.44. The molecule has 0 aromatic heterocycles. The molecule has 0 unspecified atom stereocenters. The van der Waals surface area contributed by atoms with E-state index in [1.807, 2.05) is 0 Å². The van der Waals surface area contributed by atoms with E-state index >= 15 is 0 Å². The molecular formula is C12H12O6. The first-order valence-electron chi connectivity index (χ1n) is 5.12. The first-order valence-corrected chi connectivity index (χ1v) is 5.12. The molecule has 0 heterocycles. The standard InChI is InChI=1S/C12H12O6/c1-18-10(13)6-5-7-8(11(14)15)3-2-4-9(7)12(16)17/h2-4H,5-6H2,1H3,(H,14,15)(H,16,17). The lowest BCUT2D eigenvalue weighted by atomic mass is 9.97. The van der Waals surface area contributed by atoms with Crippen molar-refractivity contribution in [2.24, 2.45) is 0 Å². The summed E-state index contributed by atoms with van der Waals surface area (Å²) in [5.41, 5.74) is -0.0968. The minimum Gasteiger partial charge on any atom is -0.478 e. The van der Waals surface area contributed by atoms with E-state index in [2.05, 4.69) is 4.74 Å². The van der Waals surface area contributed by atoms with Gasteiger partial charge in [-0.15, -0.1) is 0 Å². The molecule has 0 fully saturated rings. The van der Waals surface area contributed by atoms with Gasteiger partial charge in [0, 0.05) is 6.42 Å². The molecule has 0 radical (unpaired) electrons. The lowest BCUT2D eigenvalue weighted by molar-refractivity contribution is -0.140.